The molecule has 2 unspecified atom stereocenters. The van der Waals surface area contributed by atoms with Crippen LogP contribution in [0.3, 0.4) is 0 Å². The van der Waals surface area contributed by atoms with Crippen molar-refractivity contribution in [2.45, 2.75) is 12.3 Å². The minimum absolute atomic E-state index is 0.145. The molecule has 0 aliphatic heterocycles. The van der Waals surface area contributed by atoms with E-state index in [1.807, 2.05) is 0 Å². The van der Waals surface area contributed by atoms with Gasteiger partial charge in [0.1, 0.15) is 5.56 Å². The second-order valence-electron chi connectivity index (χ2n) is 4.45. The summed E-state index contributed by atoms with van der Waals surface area (Å²) in [7, 11) is 1.31. The molecule has 0 saturated heterocycles. The zero-order valence-corrected chi connectivity index (χ0v) is 9.44. The molecule has 18 heavy (non-hydrogen) atoms. The van der Waals surface area contributed by atoms with Gasteiger partial charge in [0.15, 0.2) is 23.3 Å². The fourth-order valence-electron chi connectivity index (χ4n) is 2.78. The van der Waals surface area contributed by atoms with Crippen LogP contribution in [-0.2, 0) is 0 Å². The Kier molecular flexibility index (Phi) is 2.33. The topological polar surface area (TPSA) is 11.3 Å². The van der Waals surface area contributed by atoms with Gasteiger partial charge in [0.25, 0.3) is 7.11 Å². The third-order valence-electron chi connectivity index (χ3n) is 3.56. The van der Waals surface area contributed by atoms with E-state index >= 15 is 0 Å². The average molecular weight is 257 g/mol. The number of benzene rings is 1. The summed E-state index contributed by atoms with van der Waals surface area (Å²) in [6.07, 6.45) is 3.92. The Labute approximate surface area is 100 Å². The highest BCUT2D eigenvalue weighted by molar-refractivity contribution is 6.03. The molecule has 2 atom stereocenters. The van der Waals surface area contributed by atoms with Gasteiger partial charge >= 0.3 is 5.78 Å². The first-order valence-electron chi connectivity index (χ1n) is 5.51. The lowest BCUT2D eigenvalue weighted by molar-refractivity contribution is -0.227. The first-order chi connectivity index (χ1) is 8.56. The van der Waals surface area contributed by atoms with Gasteiger partial charge in [0.05, 0.1) is 5.92 Å². The van der Waals surface area contributed by atoms with Crippen molar-refractivity contribution in [1.82, 2.24) is 0 Å². The van der Waals surface area contributed by atoms with Crippen LogP contribution in [0.1, 0.15) is 27.9 Å². The molecule has 1 nitrogen and oxygen atoms in total. The number of halogens is 4. The van der Waals surface area contributed by atoms with Crippen molar-refractivity contribution >= 4 is 5.78 Å². The Morgan fingerprint density at radius 3 is 2.22 bits per heavy atom. The van der Waals surface area contributed by atoms with Crippen LogP contribution in [-0.4, -0.2) is 12.9 Å². The second-order valence-corrected chi connectivity index (χ2v) is 4.45. The van der Waals surface area contributed by atoms with Crippen LogP contribution in [0.5, 0.6) is 0 Å². The molecule has 3 rings (SSSR count). The Bertz CT molecular complexity index is 604. The Morgan fingerprint density at radius 1 is 0.944 bits per heavy atom. The molecule has 0 heterocycles. The number of allylic oxidation sites excluding steroid dienone is 2. The van der Waals surface area contributed by atoms with E-state index in [1.54, 1.807) is 12.2 Å². The number of fused-ring (bicyclic) bond motifs is 4. The molecule has 0 fully saturated rings. The molecule has 2 aliphatic rings. The monoisotopic (exact) mass is 257 g/mol. The summed E-state index contributed by atoms with van der Waals surface area (Å²) in [6, 6.07) is 0. The lowest BCUT2D eigenvalue weighted by atomic mass is 9.80. The molecule has 94 valence electrons. The highest BCUT2D eigenvalue weighted by Crippen LogP contribution is 2.44. The third-order valence-corrected chi connectivity index (χ3v) is 3.56. The van der Waals surface area contributed by atoms with Crippen molar-refractivity contribution in [3.8, 4) is 0 Å². The molecule has 1 aromatic carbocycles. The maximum Gasteiger partial charge on any atom is 0.336 e. The van der Waals surface area contributed by atoms with E-state index in [1.165, 1.54) is 7.11 Å². The van der Waals surface area contributed by atoms with E-state index in [0.29, 0.717) is 6.42 Å². The average Bonchev–Trinajstić information content (AvgIpc) is 2.78. The van der Waals surface area contributed by atoms with Crippen molar-refractivity contribution in [1.29, 1.82) is 0 Å². The summed E-state index contributed by atoms with van der Waals surface area (Å²) in [5, 5.41) is 0. The highest BCUT2D eigenvalue weighted by Gasteiger charge is 2.46. The number of carbonyl (C=O) groups excluding carboxylic acids is 1. The van der Waals surface area contributed by atoms with Crippen molar-refractivity contribution in [2.24, 2.45) is 5.92 Å². The van der Waals surface area contributed by atoms with Crippen molar-refractivity contribution in [3.63, 3.8) is 0 Å². The normalized spacial score (nSPS) is 26.8. The van der Waals surface area contributed by atoms with E-state index in [0.717, 1.165) is 0 Å². The van der Waals surface area contributed by atoms with Gasteiger partial charge in [0.2, 0.25) is 0 Å². The molecule has 2 bridgehead atoms. The number of ketones is 1. The molecule has 5 heteroatoms. The maximum atomic E-state index is 13.8. The Hall–Kier alpha value is -1.65. The van der Waals surface area contributed by atoms with Crippen LogP contribution in [0.15, 0.2) is 12.2 Å². The summed E-state index contributed by atoms with van der Waals surface area (Å²) in [4.78, 5) is 0. The molecule has 0 spiro atoms. The van der Waals surface area contributed by atoms with Gasteiger partial charge in [-0.1, -0.05) is 12.2 Å². The molecule has 0 N–H and O–H groups in total. The maximum absolute atomic E-state index is 13.8. The summed E-state index contributed by atoms with van der Waals surface area (Å²) in [5.41, 5.74) is -0.409. The summed E-state index contributed by atoms with van der Waals surface area (Å²) in [6.45, 7) is 0. The first kappa shape index (κ1) is 11.4. The first-order valence-corrected chi connectivity index (χ1v) is 5.51. The minimum atomic E-state index is -1.79. The lowest BCUT2D eigenvalue weighted by Gasteiger charge is -2.21. The standard InChI is InChI=1S/C13H9F4O/c1-18-13-6-3-2-5(4-6)7-8(13)10(15)12(17)11(16)9(7)14/h2-3,5-6H,4H2,1H3/q+1. The van der Waals surface area contributed by atoms with Gasteiger partial charge in [0, 0.05) is 11.5 Å². The molecule has 2 aliphatic carbocycles. The molecule has 1 aromatic rings. The van der Waals surface area contributed by atoms with Crippen LogP contribution < -0.4 is 0 Å². The quantitative estimate of drug-likeness (QED) is 0.222. The van der Waals surface area contributed by atoms with Gasteiger partial charge in [-0.15, -0.1) is 0 Å². The highest BCUT2D eigenvalue weighted by atomic mass is 19.2. The van der Waals surface area contributed by atoms with Crippen LogP contribution in [0.25, 0.3) is 0 Å². The smallest absolute Gasteiger partial charge is 0.261 e. The number of rotatable bonds is 0. The largest absolute Gasteiger partial charge is 0.336 e. The van der Waals surface area contributed by atoms with Crippen molar-refractivity contribution in [3.05, 3.63) is 46.5 Å². The second kappa shape index (κ2) is 3.67. The van der Waals surface area contributed by atoms with Crippen molar-refractivity contribution in [2.75, 3.05) is 7.11 Å². The van der Waals surface area contributed by atoms with Crippen molar-refractivity contribution < 1.29 is 22.0 Å². The fourth-order valence-corrected chi connectivity index (χ4v) is 2.78. The number of hydrogen-bond donors (Lipinski definition) is 0. The van der Waals surface area contributed by atoms with Gasteiger partial charge in [-0.2, -0.15) is 0 Å². The van der Waals surface area contributed by atoms with E-state index < -0.39 is 29.2 Å². The fraction of sp³-hybridized carbons (Fsp3) is 0.308. The zero-order valence-electron chi connectivity index (χ0n) is 9.44. The van der Waals surface area contributed by atoms with Gasteiger partial charge in [-0.25, -0.2) is 17.6 Å². The molecular weight excluding hydrogens is 248 g/mol. The van der Waals surface area contributed by atoms with Gasteiger partial charge in [-0.3, -0.25) is 4.42 Å². The van der Waals surface area contributed by atoms with E-state index in [2.05, 4.69) is 0 Å². The third kappa shape index (κ3) is 1.24. The molecule has 0 saturated carbocycles. The lowest BCUT2D eigenvalue weighted by Crippen LogP contribution is -2.25. The SMILES string of the molecule is C[O+]=C1c2c(F)c(F)c(F)c(F)c2C2C=CC1C2. The van der Waals surface area contributed by atoms with E-state index in [4.69, 9.17) is 4.42 Å². The minimum Gasteiger partial charge on any atom is -0.261 e. The summed E-state index contributed by atoms with van der Waals surface area (Å²) in [5.74, 6) is -6.72. The Balaban J connectivity index is 2.42. The van der Waals surface area contributed by atoms with Crippen LogP contribution in [0.2, 0.25) is 0 Å². The predicted octanol–water partition coefficient (Wildman–Crippen LogP) is 3.26. The van der Waals surface area contributed by atoms with E-state index in [9.17, 15) is 17.6 Å². The summed E-state index contributed by atoms with van der Waals surface area (Å²) >= 11 is 0. The van der Waals surface area contributed by atoms with Crippen LogP contribution in [0, 0.1) is 29.2 Å². The molecule has 0 amide bonds. The van der Waals surface area contributed by atoms with Crippen LogP contribution >= 0.6 is 0 Å². The zero-order chi connectivity index (χ0) is 13.0. The van der Waals surface area contributed by atoms with Gasteiger partial charge < -0.3 is 0 Å². The molecule has 0 radical (unpaired) electrons. The predicted molar refractivity (Wildman–Crippen MR) is 56.5 cm³/mol. The Morgan fingerprint density at radius 2 is 1.56 bits per heavy atom. The molecular formula is C13H9F4O+. The summed E-state index contributed by atoms with van der Waals surface area (Å²) < 4.78 is 59.2. The number of hydrogen-bond acceptors (Lipinski definition) is 0. The van der Waals surface area contributed by atoms with Crippen LogP contribution in [0.4, 0.5) is 17.6 Å². The van der Waals surface area contributed by atoms with E-state index in [-0.39, 0.29) is 22.8 Å². The van der Waals surface area contributed by atoms with Gasteiger partial charge in [-0.05, 0) is 6.42 Å². The molecule has 0 aromatic heterocycles.